The molecule has 0 fully saturated rings. The number of carbonyl (C=O) groups is 1. The van der Waals surface area contributed by atoms with Crippen LogP contribution in [0.2, 0.25) is 0 Å². The van der Waals surface area contributed by atoms with Crippen LogP contribution in [0.15, 0.2) is 48.5 Å². The summed E-state index contributed by atoms with van der Waals surface area (Å²) in [5.74, 6) is -0.0814. The van der Waals surface area contributed by atoms with E-state index in [1.54, 1.807) is 12.1 Å². The topological polar surface area (TPSA) is 61.4 Å². The Morgan fingerprint density at radius 3 is 2.75 bits per heavy atom. The molecular weight excluding hydrogens is 252 g/mol. The summed E-state index contributed by atoms with van der Waals surface area (Å²) in [4.78, 5) is 12.3. The smallest absolute Gasteiger partial charge is 0.247 e. The Kier molecular flexibility index (Phi) is 3.39. The molecule has 2 aromatic carbocycles. The zero-order valence-corrected chi connectivity index (χ0v) is 11.0. The summed E-state index contributed by atoms with van der Waals surface area (Å²) in [6, 6.07) is 14.9. The summed E-state index contributed by atoms with van der Waals surface area (Å²) in [5.41, 5.74) is 3.56. The fourth-order valence-electron chi connectivity index (χ4n) is 2.46. The maximum Gasteiger partial charge on any atom is 0.247 e. The van der Waals surface area contributed by atoms with E-state index in [0.29, 0.717) is 12.1 Å². The van der Waals surface area contributed by atoms with E-state index in [4.69, 9.17) is 0 Å². The van der Waals surface area contributed by atoms with Crippen molar-refractivity contribution in [1.82, 2.24) is 0 Å². The lowest BCUT2D eigenvalue weighted by atomic mass is 10.1. The van der Waals surface area contributed by atoms with Crippen molar-refractivity contribution < 1.29 is 9.90 Å². The fourth-order valence-corrected chi connectivity index (χ4v) is 2.46. The number of anilines is 2. The van der Waals surface area contributed by atoms with Crippen LogP contribution in [0.3, 0.4) is 0 Å². The average Bonchev–Trinajstić information content (AvgIpc) is 2.92. The van der Waals surface area contributed by atoms with E-state index >= 15 is 0 Å². The van der Waals surface area contributed by atoms with Gasteiger partial charge >= 0.3 is 0 Å². The average molecular weight is 268 g/mol. The van der Waals surface area contributed by atoms with E-state index in [-0.39, 0.29) is 18.6 Å². The predicted octanol–water partition coefficient (Wildman–Crippen LogP) is 2.15. The van der Waals surface area contributed by atoms with Crippen molar-refractivity contribution in [1.29, 1.82) is 0 Å². The number of amides is 1. The van der Waals surface area contributed by atoms with Gasteiger partial charge in [-0.15, -0.1) is 0 Å². The van der Waals surface area contributed by atoms with E-state index in [0.717, 1.165) is 16.8 Å². The normalized spacial score (nSPS) is 16.4. The highest BCUT2D eigenvalue weighted by Gasteiger charge is 2.26. The Morgan fingerprint density at radius 2 is 1.95 bits per heavy atom. The number of para-hydroxylation sites is 2. The monoisotopic (exact) mass is 268 g/mol. The number of hydrogen-bond acceptors (Lipinski definition) is 3. The second-order valence-electron chi connectivity index (χ2n) is 4.86. The van der Waals surface area contributed by atoms with Gasteiger partial charge in [0.2, 0.25) is 5.91 Å². The van der Waals surface area contributed by atoms with E-state index < -0.39 is 0 Å². The van der Waals surface area contributed by atoms with Gasteiger partial charge in [0.25, 0.3) is 0 Å². The minimum atomic E-state index is -0.265. The van der Waals surface area contributed by atoms with Crippen molar-refractivity contribution in [2.45, 2.75) is 19.1 Å². The summed E-state index contributed by atoms with van der Waals surface area (Å²) < 4.78 is 0. The highest BCUT2D eigenvalue weighted by Crippen LogP contribution is 2.26. The molecule has 1 amide bonds. The second-order valence-corrected chi connectivity index (χ2v) is 4.86. The minimum Gasteiger partial charge on any atom is -0.392 e. The summed E-state index contributed by atoms with van der Waals surface area (Å²) in [6.07, 6.45) is 0.684. The molecule has 0 bridgehead atoms. The molecule has 1 heterocycles. The predicted molar refractivity (Wildman–Crippen MR) is 78.6 cm³/mol. The van der Waals surface area contributed by atoms with Crippen molar-refractivity contribution in [2.24, 2.45) is 0 Å². The molecule has 3 N–H and O–H groups in total. The molecule has 0 saturated carbocycles. The van der Waals surface area contributed by atoms with Gasteiger partial charge in [-0.25, -0.2) is 0 Å². The van der Waals surface area contributed by atoms with Crippen LogP contribution in [-0.4, -0.2) is 17.1 Å². The maximum absolute atomic E-state index is 12.3. The molecule has 0 radical (unpaired) electrons. The number of carbonyl (C=O) groups excluding carboxylic acids is 1. The van der Waals surface area contributed by atoms with E-state index in [1.807, 2.05) is 36.4 Å². The first-order chi connectivity index (χ1) is 9.78. The number of aliphatic hydroxyl groups is 1. The summed E-state index contributed by atoms with van der Waals surface area (Å²) in [5, 5.41) is 15.4. The molecule has 4 heteroatoms. The van der Waals surface area contributed by atoms with Crippen LogP contribution in [0.4, 0.5) is 11.4 Å². The van der Waals surface area contributed by atoms with Gasteiger partial charge in [0.1, 0.15) is 6.04 Å². The Hall–Kier alpha value is -2.33. The van der Waals surface area contributed by atoms with E-state index in [9.17, 15) is 9.90 Å². The van der Waals surface area contributed by atoms with Gasteiger partial charge in [-0.1, -0.05) is 36.4 Å². The Morgan fingerprint density at radius 1 is 1.20 bits per heavy atom. The standard InChI is InChI=1S/C16H16N2O2/c19-10-12-6-2-4-8-14(12)18-16(20)15-9-11-5-1-3-7-13(11)17-15/h1-8,15,17,19H,9-10H2,(H,18,20). The van der Waals surface area contributed by atoms with Crippen LogP contribution < -0.4 is 10.6 Å². The van der Waals surface area contributed by atoms with Gasteiger partial charge in [0.15, 0.2) is 0 Å². The first kappa shape index (κ1) is 12.7. The number of benzene rings is 2. The molecule has 1 aliphatic rings. The van der Waals surface area contributed by atoms with Crippen LogP contribution in [0.1, 0.15) is 11.1 Å². The summed E-state index contributed by atoms with van der Waals surface area (Å²) >= 11 is 0. The fraction of sp³-hybridized carbons (Fsp3) is 0.188. The molecule has 20 heavy (non-hydrogen) atoms. The molecule has 1 aliphatic heterocycles. The molecule has 0 aliphatic carbocycles. The number of hydrogen-bond donors (Lipinski definition) is 3. The van der Waals surface area contributed by atoms with Gasteiger partial charge in [-0.05, 0) is 17.7 Å². The minimum absolute atomic E-state index is 0.0814. The van der Waals surface area contributed by atoms with Crippen LogP contribution in [0.25, 0.3) is 0 Å². The third-order valence-corrected chi connectivity index (χ3v) is 3.53. The molecule has 1 unspecified atom stereocenters. The molecule has 0 aromatic heterocycles. The Balaban J connectivity index is 1.72. The third kappa shape index (κ3) is 2.38. The van der Waals surface area contributed by atoms with Crippen molar-refractivity contribution in [3.63, 3.8) is 0 Å². The molecule has 4 nitrogen and oxygen atoms in total. The number of aliphatic hydroxyl groups excluding tert-OH is 1. The van der Waals surface area contributed by atoms with Gasteiger partial charge < -0.3 is 15.7 Å². The third-order valence-electron chi connectivity index (χ3n) is 3.53. The zero-order chi connectivity index (χ0) is 13.9. The van der Waals surface area contributed by atoms with Gasteiger partial charge in [-0.3, -0.25) is 4.79 Å². The van der Waals surface area contributed by atoms with Gasteiger partial charge in [0, 0.05) is 23.4 Å². The van der Waals surface area contributed by atoms with Crippen molar-refractivity contribution >= 4 is 17.3 Å². The number of nitrogens with one attached hydrogen (secondary N) is 2. The first-order valence-corrected chi connectivity index (χ1v) is 6.62. The van der Waals surface area contributed by atoms with E-state index in [1.165, 1.54) is 0 Å². The summed E-state index contributed by atoms with van der Waals surface area (Å²) in [6.45, 7) is -0.0885. The first-order valence-electron chi connectivity index (χ1n) is 6.62. The second kappa shape index (κ2) is 5.35. The van der Waals surface area contributed by atoms with E-state index in [2.05, 4.69) is 10.6 Å². The van der Waals surface area contributed by atoms with Crippen molar-refractivity contribution in [2.75, 3.05) is 10.6 Å². The van der Waals surface area contributed by atoms with Crippen molar-refractivity contribution in [3.8, 4) is 0 Å². The molecule has 2 aromatic rings. The lowest BCUT2D eigenvalue weighted by molar-refractivity contribution is -0.116. The van der Waals surface area contributed by atoms with Crippen LogP contribution in [0, 0.1) is 0 Å². The molecule has 102 valence electrons. The van der Waals surface area contributed by atoms with Crippen LogP contribution in [0.5, 0.6) is 0 Å². The van der Waals surface area contributed by atoms with Crippen LogP contribution >= 0.6 is 0 Å². The number of rotatable bonds is 3. The lowest BCUT2D eigenvalue weighted by Gasteiger charge is -2.14. The SMILES string of the molecule is O=C(Nc1ccccc1CO)C1Cc2ccccc2N1. The van der Waals surface area contributed by atoms with Crippen molar-refractivity contribution in [3.05, 3.63) is 59.7 Å². The molecular formula is C16H16N2O2. The molecule has 1 atom stereocenters. The Labute approximate surface area is 117 Å². The number of fused-ring (bicyclic) bond motifs is 1. The largest absolute Gasteiger partial charge is 0.392 e. The summed E-state index contributed by atoms with van der Waals surface area (Å²) in [7, 11) is 0. The van der Waals surface area contributed by atoms with Crippen LogP contribution in [-0.2, 0) is 17.8 Å². The molecule has 0 spiro atoms. The van der Waals surface area contributed by atoms with Gasteiger partial charge in [0.05, 0.1) is 6.61 Å². The highest BCUT2D eigenvalue weighted by molar-refractivity contribution is 5.98. The quantitative estimate of drug-likeness (QED) is 0.799. The Bertz CT molecular complexity index is 615. The zero-order valence-electron chi connectivity index (χ0n) is 11.0. The molecule has 0 saturated heterocycles. The lowest BCUT2D eigenvalue weighted by Crippen LogP contribution is -2.33. The van der Waals surface area contributed by atoms with Gasteiger partial charge in [-0.2, -0.15) is 0 Å². The highest BCUT2D eigenvalue weighted by atomic mass is 16.3. The molecule has 3 rings (SSSR count). The maximum atomic E-state index is 12.3.